The van der Waals surface area contributed by atoms with Gasteiger partial charge in [-0.3, -0.25) is 4.79 Å². The Morgan fingerprint density at radius 2 is 2.27 bits per heavy atom. The minimum absolute atomic E-state index is 0.121. The zero-order valence-electron chi connectivity index (χ0n) is 14.8. The molecule has 3 heterocycles. The predicted molar refractivity (Wildman–Crippen MR) is 103 cm³/mol. The summed E-state index contributed by atoms with van der Waals surface area (Å²) < 4.78 is 2.17. The van der Waals surface area contributed by atoms with E-state index >= 15 is 0 Å². The van der Waals surface area contributed by atoms with Crippen LogP contribution in [0.5, 0.6) is 0 Å². The van der Waals surface area contributed by atoms with Crippen LogP contribution in [-0.2, 0) is 6.54 Å². The van der Waals surface area contributed by atoms with E-state index in [9.17, 15) is 4.79 Å². The Bertz CT molecular complexity index is 887. The maximum Gasteiger partial charge on any atom is 0.253 e. The standard InChI is InChI=1S/C20H22N4OS/c1-15-4-2-5-16(10-15)20(25)24-8-3-6-17(11-24)19-21-7-9-23(19)12-18-13-26-14-22-18/h2,4-5,7,9-10,13-14,17H,3,6,8,11-12H2,1H3. The highest BCUT2D eigenvalue weighted by Crippen LogP contribution is 2.27. The zero-order valence-corrected chi connectivity index (χ0v) is 15.7. The third-order valence-corrected chi connectivity index (χ3v) is 5.54. The molecule has 3 aromatic rings. The molecular formula is C20H22N4OS. The highest BCUT2D eigenvalue weighted by atomic mass is 32.1. The molecule has 2 aromatic heterocycles. The number of imidazole rings is 1. The van der Waals surface area contributed by atoms with Gasteiger partial charge in [0, 0.05) is 42.3 Å². The number of likely N-dealkylation sites (tertiary alicyclic amines) is 1. The van der Waals surface area contributed by atoms with Crippen molar-refractivity contribution in [2.45, 2.75) is 32.2 Å². The number of benzene rings is 1. The Morgan fingerprint density at radius 3 is 3.08 bits per heavy atom. The fourth-order valence-electron chi connectivity index (χ4n) is 3.64. The van der Waals surface area contributed by atoms with Gasteiger partial charge in [-0.25, -0.2) is 9.97 Å². The first-order valence-corrected chi connectivity index (χ1v) is 9.89. The lowest BCUT2D eigenvalue weighted by Gasteiger charge is -2.32. The topological polar surface area (TPSA) is 51.0 Å². The van der Waals surface area contributed by atoms with Gasteiger partial charge in [0.25, 0.3) is 5.91 Å². The SMILES string of the molecule is Cc1cccc(C(=O)N2CCCC(c3nccn3Cc3cscn3)C2)c1. The molecule has 1 atom stereocenters. The van der Waals surface area contributed by atoms with Crippen LogP contribution in [-0.4, -0.2) is 38.4 Å². The molecule has 134 valence electrons. The summed E-state index contributed by atoms with van der Waals surface area (Å²) >= 11 is 1.61. The maximum absolute atomic E-state index is 12.9. The lowest BCUT2D eigenvalue weighted by atomic mass is 9.96. The van der Waals surface area contributed by atoms with Gasteiger partial charge in [0.15, 0.2) is 0 Å². The Morgan fingerprint density at radius 1 is 1.35 bits per heavy atom. The van der Waals surface area contributed by atoms with Gasteiger partial charge < -0.3 is 9.47 Å². The number of hydrogen-bond donors (Lipinski definition) is 0. The van der Waals surface area contributed by atoms with Crippen LogP contribution in [0, 0.1) is 6.92 Å². The van der Waals surface area contributed by atoms with Gasteiger partial charge in [-0.1, -0.05) is 17.7 Å². The van der Waals surface area contributed by atoms with E-state index in [4.69, 9.17) is 0 Å². The number of piperidine rings is 1. The highest BCUT2D eigenvalue weighted by Gasteiger charge is 2.28. The second kappa shape index (κ2) is 7.41. The number of aryl methyl sites for hydroxylation is 1. The first-order chi connectivity index (χ1) is 12.7. The number of aromatic nitrogens is 3. The van der Waals surface area contributed by atoms with Crippen LogP contribution in [0.25, 0.3) is 0 Å². The monoisotopic (exact) mass is 366 g/mol. The van der Waals surface area contributed by atoms with E-state index in [1.54, 1.807) is 11.3 Å². The largest absolute Gasteiger partial charge is 0.338 e. The molecule has 6 heteroatoms. The molecule has 1 fully saturated rings. The first kappa shape index (κ1) is 17.0. The third kappa shape index (κ3) is 3.55. The number of amides is 1. The molecule has 0 spiro atoms. The Hall–Kier alpha value is -2.47. The first-order valence-electron chi connectivity index (χ1n) is 8.95. The molecule has 1 aromatic carbocycles. The molecule has 26 heavy (non-hydrogen) atoms. The van der Waals surface area contributed by atoms with Crippen molar-refractivity contribution >= 4 is 17.2 Å². The molecule has 0 bridgehead atoms. The van der Waals surface area contributed by atoms with Crippen molar-refractivity contribution in [3.8, 4) is 0 Å². The molecule has 1 saturated heterocycles. The van der Waals surface area contributed by atoms with Gasteiger partial charge in [0.2, 0.25) is 0 Å². The fraction of sp³-hybridized carbons (Fsp3) is 0.350. The number of nitrogens with zero attached hydrogens (tertiary/aromatic N) is 4. The molecule has 0 saturated carbocycles. The lowest BCUT2D eigenvalue weighted by Crippen LogP contribution is -2.39. The summed E-state index contributed by atoms with van der Waals surface area (Å²) in [6.45, 7) is 4.29. The van der Waals surface area contributed by atoms with Crippen LogP contribution in [0.1, 0.15) is 46.2 Å². The summed E-state index contributed by atoms with van der Waals surface area (Å²) in [4.78, 5) is 23.9. The van der Waals surface area contributed by atoms with E-state index in [1.807, 2.05) is 54.0 Å². The Labute approximate surface area is 157 Å². The summed E-state index contributed by atoms with van der Waals surface area (Å²) in [5, 5.41) is 2.07. The molecule has 0 aliphatic carbocycles. The van der Waals surface area contributed by atoms with Crippen LogP contribution in [0.2, 0.25) is 0 Å². The quantitative estimate of drug-likeness (QED) is 0.707. The van der Waals surface area contributed by atoms with Crippen molar-refractivity contribution in [1.29, 1.82) is 0 Å². The van der Waals surface area contributed by atoms with Crippen LogP contribution in [0.4, 0.5) is 0 Å². The molecule has 0 radical (unpaired) electrons. The van der Waals surface area contributed by atoms with Gasteiger partial charge >= 0.3 is 0 Å². The molecule has 1 aliphatic rings. The highest BCUT2D eigenvalue weighted by molar-refractivity contribution is 7.07. The van der Waals surface area contributed by atoms with Gasteiger partial charge in [0.05, 0.1) is 17.7 Å². The number of carbonyl (C=O) groups excluding carboxylic acids is 1. The van der Waals surface area contributed by atoms with Crippen molar-refractivity contribution in [3.05, 3.63) is 70.2 Å². The van der Waals surface area contributed by atoms with Gasteiger partial charge in [-0.15, -0.1) is 11.3 Å². The van der Waals surface area contributed by atoms with Gasteiger partial charge in [-0.2, -0.15) is 0 Å². The second-order valence-electron chi connectivity index (χ2n) is 6.85. The van der Waals surface area contributed by atoms with Crippen LogP contribution >= 0.6 is 11.3 Å². The van der Waals surface area contributed by atoms with E-state index < -0.39 is 0 Å². The van der Waals surface area contributed by atoms with Crippen molar-refractivity contribution in [3.63, 3.8) is 0 Å². The average Bonchev–Trinajstić information content (AvgIpc) is 3.34. The third-order valence-electron chi connectivity index (χ3n) is 4.90. The smallest absolute Gasteiger partial charge is 0.253 e. The Balaban J connectivity index is 1.51. The summed E-state index contributed by atoms with van der Waals surface area (Å²) in [6, 6.07) is 7.84. The number of thiazole rings is 1. The summed E-state index contributed by atoms with van der Waals surface area (Å²) in [5.74, 6) is 1.45. The molecular weight excluding hydrogens is 344 g/mol. The molecule has 1 aliphatic heterocycles. The minimum atomic E-state index is 0.121. The molecule has 0 N–H and O–H groups in total. The fourth-order valence-corrected chi connectivity index (χ4v) is 4.19. The van der Waals surface area contributed by atoms with Crippen LogP contribution in [0.3, 0.4) is 0 Å². The summed E-state index contributed by atoms with van der Waals surface area (Å²) in [5.41, 5.74) is 4.80. The van der Waals surface area contributed by atoms with Gasteiger partial charge in [-0.05, 0) is 31.9 Å². The summed E-state index contributed by atoms with van der Waals surface area (Å²) in [6.07, 6.45) is 5.93. The lowest BCUT2D eigenvalue weighted by molar-refractivity contribution is 0.0703. The van der Waals surface area contributed by atoms with Crippen molar-refractivity contribution < 1.29 is 4.79 Å². The molecule has 5 nitrogen and oxygen atoms in total. The summed E-state index contributed by atoms with van der Waals surface area (Å²) in [7, 11) is 0. The normalized spacial score (nSPS) is 17.4. The van der Waals surface area contributed by atoms with Crippen LogP contribution < -0.4 is 0 Å². The van der Waals surface area contributed by atoms with E-state index in [0.29, 0.717) is 0 Å². The number of carbonyl (C=O) groups is 1. The Kier molecular flexibility index (Phi) is 4.84. The van der Waals surface area contributed by atoms with Crippen molar-refractivity contribution in [1.82, 2.24) is 19.4 Å². The molecule has 4 rings (SSSR count). The minimum Gasteiger partial charge on any atom is -0.338 e. The predicted octanol–water partition coefficient (Wildman–Crippen LogP) is 3.72. The van der Waals surface area contributed by atoms with E-state index in [0.717, 1.165) is 55.1 Å². The number of rotatable bonds is 4. The molecule has 1 amide bonds. The van der Waals surface area contributed by atoms with E-state index in [2.05, 4.69) is 19.9 Å². The average molecular weight is 366 g/mol. The van der Waals surface area contributed by atoms with Crippen molar-refractivity contribution in [2.75, 3.05) is 13.1 Å². The van der Waals surface area contributed by atoms with Crippen LogP contribution in [0.15, 0.2) is 47.5 Å². The van der Waals surface area contributed by atoms with E-state index in [1.165, 1.54) is 0 Å². The molecule has 1 unspecified atom stereocenters. The zero-order chi connectivity index (χ0) is 17.9. The van der Waals surface area contributed by atoms with E-state index in [-0.39, 0.29) is 11.8 Å². The number of hydrogen-bond acceptors (Lipinski definition) is 4. The second-order valence-corrected chi connectivity index (χ2v) is 7.57. The maximum atomic E-state index is 12.9. The van der Waals surface area contributed by atoms with Gasteiger partial charge in [0.1, 0.15) is 5.82 Å². The van der Waals surface area contributed by atoms with Crippen molar-refractivity contribution in [2.24, 2.45) is 0 Å².